The van der Waals surface area contributed by atoms with Crippen LogP contribution in [0.5, 0.6) is 5.75 Å². The maximum Gasteiger partial charge on any atom is 0.326 e. The van der Waals surface area contributed by atoms with Crippen LogP contribution >= 0.6 is 46.3 Å². The molecule has 3 aromatic rings. The quantitative estimate of drug-likeness (QED) is 0.356. The first-order chi connectivity index (χ1) is 19.6. The first-order valence-electron chi connectivity index (χ1n) is 13.3. The van der Waals surface area contributed by atoms with Crippen LogP contribution in [0, 0.1) is 29.6 Å². The Hall–Kier alpha value is -2.79. The number of halogens is 2. The molecule has 1 saturated heterocycles. The molecule has 2 amide bonds. The molecule has 2 N–H and O–H groups in total. The standard InChI is InChI=1S/C29H24Cl2N2O6S2/c1-11(28(36)37)33-26(34)21-16-9-17(22(21)27(33)35)23-20(16)19(24-25(40-23)32-29(38)41-24)15-8-14(31)5-6-18(15)39-10-12-3-2-4-13(30)7-12/h2-8,11,16-17,19-23H,9-10H2,1H3,(H,32,38)(H,36,37)/t11?,16?,17?,19-,20?,21?,22?,23?/m1/s1. The fraction of sp³-hybridized carbons (Fsp3) is 0.379. The van der Waals surface area contributed by atoms with Crippen molar-refractivity contribution in [3.63, 3.8) is 0 Å². The number of ether oxygens (including phenoxy) is 1. The topological polar surface area (TPSA) is 117 Å². The summed E-state index contributed by atoms with van der Waals surface area (Å²) in [6, 6.07) is 11.6. The van der Waals surface area contributed by atoms with Gasteiger partial charge in [0.25, 0.3) is 0 Å². The van der Waals surface area contributed by atoms with Gasteiger partial charge in [0.1, 0.15) is 18.4 Å². The highest BCUT2D eigenvalue weighted by Gasteiger charge is 2.70. The molecule has 3 heterocycles. The van der Waals surface area contributed by atoms with Gasteiger partial charge in [-0.25, -0.2) is 4.79 Å². The Morgan fingerprint density at radius 3 is 2.56 bits per heavy atom. The van der Waals surface area contributed by atoms with Crippen LogP contribution in [0.2, 0.25) is 10.0 Å². The second-order valence-electron chi connectivity index (χ2n) is 11.1. The smallest absolute Gasteiger partial charge is 0.326 e. The molecule has 3 fully saturated rings. The lowest BCUT2D eigenvalue weighted by Crippen LogP contribution is -2.44. The molecule has 4 aliphatic rings. The van der Waals surface area contributed by atoms with Crippen LogP contribution in [-0.4, -0.2) is 44.1 Å². The monoisotopic (exact) mass is 630 g/mol. The van der Waals surface area contributed by atoms with Gasteiger partial charge in [-0.05, 0) is 67.0 Å². The maximum atomic E-state index is 13.6. The number of amides is 2. The molecule has 2 aliphatic heterocycles. The summed E-state index contributed by atoms with van der Waals surface area (Å²) in [5.74, 6) is -3.14. The predicted molar refractivity (Wildman–Crippen MR) is 155 cm³/mol. The Kier molecular flexibility index (Phi) is 6.53. The van der Waals surface area contributed by atoms with E-state index < -0.39 is 35.7 Å². The third-order valence-corrected chi connectivity index (χ3v) is 12.2. The SMILES string of the molecule is CC(C(=O)O)N1C(=O)C2C3CC(C2C1=O)C1C3Sc2[nH]c(=O)sc2[C@@H]1c1cc(Cl)ccc1OCc1cccc(Cl)c1. The number of fused-ring (bicyclic) bond motifs is 9. The van der Waals surface area contributed by atoms with E-state index in [-0.39, 0.29) is 40.4 Å². The van der Waals surface area contributed by atoms with Gasteiger partial charge in [0.05, 0.1) is 16.9 Å². The van der Waals surface area contributed by atoms with Gasteiger partial charge in [0.15, 0.2) is 0 Å². The van der Waals surface area contributed by atoms with Crippen molar-refractivity contribution in [2.75, 3.05) is 0 Å². The van der Waals surface area contributed by atoms with Crippen LogP contribution in [0.4, 0.5) is 0 Å². The van der Waals surface area contributed by atoms with Crippen molar-refractivity contribution in [3.8, 4) is 5.75 Å². The van der Waals surface area contributed by atoms with Crippen molar-refractivity contribution in [3.05, 3.63) is 78.2 Å². The van der Waals surface area contributed by atoms with Crippen LogP contribution in [0.25, 0.3) is 0 Å². The van der Waals surface area contributed by atoms with Crippen molar-refractivity contribution in [2.45, 2.75) is 42.2 Å². The molecule has 2 aliphatic carbocycles. The lowest BCUT2D eigenvalue weighted by atomic mass is 9.68. The van der Waals surface area contributed by atoms with Crippen molar-refractivity contribution in [2.24, 2.45) is 29.6 Å². The number of likely N-dealkylation sites (tertiary alicyclic amines) is 1. The number of rotatable bonds is 6. The van der Waals surface area contributed by atoms with Crippen LogP contribution in [0.15, 0.2) is 52.3 Å². The second-order valence-corrected chi connectivity index (χ2v) is 14.2. The van der Waals surface area contributed by atoms with E-state index in [9.17, 15) is 24.3 Å². The number of hydrogen-bond donors (Lipinski definition) is 2. The number of thiazole rings is 1. The number of carboxylic acids is 1. The molecule has 2 saturated carbocycles. The number of H-pyrrole nitrogens is 1. The Morgan fingerprint density at radius 2 is 1.83 bits per heavy atom. The number of aromatic amines is 1. The molecule has 2 bridgehead atoms. The number of imide groups is 1. The molecular weight excluding hydrogens is 607 g/mol. The van der Waals surface area contributed by atoms with E-state index in [0.29, 0.717) is 22.2 Å². The molecule has 1 aromatic heterocycles. The molecule has 8 nitrogen and oxygen atoms in total. The Balaban J connectivity index is 1.30. The highest BCUT2D eigenvalue weighted by Crippen LogP contribution is 2.69. The molecule has 212 valence electrons. The summed E-state index contributed by atoms with van der Waals surface area (Å²) in [6.07, 6.45) is 0.694. The largest absolute Gasteiger partial charge is 0.489 e. The minimum absolute atomic E-state index is 0.0411. The number of carboxylic acid groups (broad SMARTS) is 1. The Morgan fingerprint density at radius 1 is 1.10 bits per heavy atom. The zero-order chi connectivity index (χ0) is 28.7. The zero-order valence-electron chi connectivity index (χ0n) is 21.6. The van der Waals surface area contributed by atoms with Gasteiger partial charge in [-0.1, -0.05) is 46.7 Å². The average Bonchev–Trinajstić information content (AvgIpc) is 3.66. The lowest BCUT2D eigenvalue weighted by molar-refractivity contribution is -0.154. The van der Waals surface area contributed by atoms with E-state index in [2.05, 4.69) is 4.98 Å². The number of hydrogen-bond acceptors (Lipinski definition) is 7. The summed E-state index contributed by atoms with van der Waals surface area (Å²) in [4.78, 5) is 56.1. The molecule has 0 radical (unpaired) electrons. The molecule has 7 unspecified atom stereocenters. The van der Waals surface area contributed by atoms with Crippen LogP contribution in [0.1, 0.15) is 35.3 Å². The van der Waals surface area contributed by atoms with Gasteiger partial charge in [-0.2, -0.15) is 0 Å². The molecule has 8 atom stereocenters. The number of carbonyl (C=O) groups excluding carboxylic acids is 2. The fourth-order valence-electron chi connectivity index (χ4n) is 7.56. The number of carbonyl (C=O) groups is 3. The zero-order valence-corrected chi connectivity index (χ0v) is 24.7. The van der Waals surface area contributed by atoms with E-state index in [1.807, 2.05) is 30.3 Å². The summed E-state index contributed by atoms with van der Waals surface area (Å²) in [6.45, 7) is 1.65. The Bertz CT molecular complexity index is 1670. The van der Waals surface area contributed by atoms with Gasteiger partial charge < -0.3 is 14.8 Å². The number of benzene rings is 2. The maximum absolute atomic E-state index is 13.6. The van der Waals surface area contributed by atoms with Gasteiger partial charge in [0, 0.05) is 31.7 Å². The molecule has 12 heteroatoms. The highest BCUT2D eigenvalue weighted by atomic mass is 35.5. The summed E-state index contributed by atoms with van der Waals surface area (Å²) in [5, 5.41) is 11.4. The molecule has 0 spiro atoms. The summed E-state index contributed by atoms with van der Waals surface area (Å²) in [7, 11) is 0. The van der Waals surface area contributed by atoms with Gasteiger partial charge >= 0.3 is 10.8 Å². The number of aromatic nitrogens is 1. The van der Waals surface area contributed by atoms with E-state index in [4.69, 9.17) is 27.9 Å². The summed E-state index contributed by atoms with van der Waals surface area (Å²) in [5.41, 5.74) is 1.72. The third-order valence-electron chi connectivity index (χ3n) is 9.09. The van der Waals surface area contributed by atoms with E-state index in [1.165, 1.54) is 6.92 Å². The van der Waals surface area contributed by atoms with Gasteiger partial charge in [-0.15, -0.1) is 11.8 Å². The normalized spacial score (nSPS) is 30.2. The number of nitrogens with zero attached hydrogens (tertiary/aromatic N) is 1. The first-order valence-corrected chi connectivity index (χ1v) is 15.7. The van der Waals surface area contributed by atoms with E-state index >= 15 is 0 Å². The minimum atomic E-state index is -1.22. The molecule has 7 rings (SSSR count). The molecular formula is C29H24Cl2N2O6S2. The van der Waals surface area contributed by atoms with Crippen molar-refractivity contribution in [1.29, 1.82) is 0 Å². The van der Waals surface area contributed by atoms with Crippen LogP contribution < -0.4 is 9.61 Å². The summed E-state index contributed by atoms with van der Waals surface area (Å²) < 4.78 is 6.33. The first kappa shape index (κ1) is 27.1. The minimum Gasteiger partial charge on any atom is -0.489 e. The number of aliphatic carboxylic acids is 1. The van der Waals surface area contributed by atoms with Gasteiger partial charge in [0.2, 0.25) is 11.8 Å². The van der Waals surface area contributed by atoms with Crippen molar-refractivity contribution < 1.29 is 24.2 Å². The average molecular weight is 632 g/mol. The molecule has 41 heavy (non-hydrogen) atoms. The van der Waals surface area contributed by atoms with Gasteiger partial charge in [-0.3, -0.25) is 19.3 Å². The summed E-state index contributed by atoms with van der Waals surface area (Å²) >= 11 is 15.4. The second kappa shape index (κ2) is 9.90. The van der Waals surface area contributed by atoms with Crippen molar-refractivity contribution in [1.82, 2.24) is 9.88 Å². The fourth-order valence-corrected chi connectivity index (χ4v) is 10.8. The van der Waals surface area contributed by atoms with Crippen LogP contribution in [0.3, 0.4) is 0 Å². The number of nitrogens with one attached hydrogen (secondary N) is 1. The highest BCUT2D eigenvalue weighted by molar-refractivity contribution is 8.00. The lowest BCUT2D eigenvalue weighted by Gasteiger charge is -2.43. The van der Waals surface area contributed by atoms with Crippen LogP contribution in [-0.2, 0) is 21.0 Å². The van der Waals surface area contributed by atoms with E-state index in [1.54, 1.807) is 23.9 Å². The number of thioether (sulfide) groups is 1. The third kappa shape index (κ3) is 4.17. The predicted octanol–water partition coefficient (Wildman–Crippen LogP) is 5.27. The Labute approximate surface area is 253 Å². The molecule has 2 aromatic carbocycles. The van der Waals surface area contributed by atoms with E-state index in [0.717, 1.165) is 37.3 Å². The van der Waals surface area contributed by atoms with Crippen molar-refractivity contribution >= 4 is 64.1 Å².